The van der Waals surface area contributed by atoms with E-state index in [1.165, 1.54) is 0 Å². The van der Waals surface area contributed by atoms with Gasteiger partial charge in [-0.05, 0) is 51.9 Å². The second-order valence-electron chi connectivity index (χ2n) is 8.58. The van der Waals surface area contributed by atoms with Gasteiger partial charge >= 0.3 is 6.09 Å². The van der Waals surface area contributed by atoms with Gasteiger partial charge in [0, 0.05) is 24.7 Å². The highest BCUT2D eigenvalue weighted by atomic mass is 16.6. The maximum atomic E-state index is 12.5. The average Bonchev–Trinajstić information content (AvgIpc) is 2.57. The van der Waals surface area contributed by atoms with Crippen molar-refractivity contribution < 1.29 is 14.3 Å². The quantitative estimate of drug-likeness (QED) is 0.527. The minimum absolute atomic E-state index is 0.0754. The Kier molecular flexibility index (Phi) is 8.80. The first-order valence-corrected chi connectivity index (χ1v) is 9.81. The lowest BCUT2D eigenvalue weighted by Gasteiger charge is -2.37. The Bertz CT molecular complexity index is 565. The zero-order valence-corrected chi connectivity index (χ0v) is 17.6. The van der Waals surface area contributed by atoms with Crippen molar-refractivity contribution in [2.24, 2.45) is 11.8 Å². The SMILES string of the molecule is C=C/C=C(\C=C)C(=O)NC(CC(C)C)C1CCN(C(=O)OC(C)(C)C)CC1. The van der Waals surface area contributed by atoms with Gasteiger partial charge in [-0.3, -0.25) is 4.79 Å². The molecule has 1 heterocycles. The van der Waals surface area contributed by atoms with Crippen LogP contribution in [0.2, 0.25) is 0 Å². The van der Waals surface area contributed by atoms with Crippen molar-refractivity contribution in [2.75, 3.05) is 13.1 Å². The summed E-state index contributed by atoms with van der Waals surface area (Å²) in [5.74, 6) is 0.685. The molecule has 1 rings (SSSR count). The molecule has 1 aliphatic heterocycles. The van der Waals surface area contributed by atoms with Crippen LogP contribution in [-0.2, 0) is 9.53 Å². The molecule has 0 aliphatic carbocycles. The number of hydrogen-bond donors (Lipinski definition) is 1. The van der Waals surface area contributed by atoms with Crippen molar-refractivity contribution in [3.63, 3.8) is 0 Å². The third-order valence-corrected chi connectivity index (χ3v) is 4.58. The van der Waals surface area contributed by atoms with Crippen LogP contribution in [0.5, 0.6) is 0 Å². The Balaban J connectivity index is 2.73. The lowest BCUT2D eigenvalue weighted by molar-refractivity contribution is -0.118. The molecule has 2 amide bonds. The number of nitrogens with zero attached hydrogens (tertiary/aromatic N) is 1. The molecule has 1 saturated heterocycles. The predicted molar refractivity (Wildman–Crippen MR) is 110 cm³/mol. The molecule has 1 unspecified atom stereocenters. The van der Waals surface area contributed by atoms with Crippen LogP contribution in [0, 0.1) is 11.8 Å². The van der Waals surface area contributed by atoms with Crippen molar-refractivity contribution in [3.05, 3.63) is 37.0 Å². The first-order valence-electron chi connectivity index (χ1n) is 9.81. The van der Waals surface area contributed by atoms with Crippen LogP contribution in [0.1, 0.15) is 53.9 Å². The number of carbonyl (C=O) groups excluding carboxylic acids is 2. The number of allylic oxidation sites excluding steroid dienone is 2. The summed E-state index contributed by atoms with van der Waals surface area (Å²) in [5, 5.41) is 3.18. The number of amides is 2. The zero-order valence-electron chi connectivity index (χ0n) is 17.6. The summed E-state index contributed by atoms with van der Waals surface area (Å²) in [6, 6.07) is 0.0754. The van der Waals surface area contributed by atoms with Gasteiger partial charge in [-0.25, -0.2) is 4.79 Å². The number of rotatable bonds is 7. The second-order valence-corrected chi connectivity index (χ2v) is 8.58. The molecule has 0 radical (unpaired) electrons. The van der Waals surface area contributed by atoms with Crippen molar-refractivity contribution in [3.8, 4) is 0 Å². The van der Waals surface area contributed by atoms with E-state index >= 15 is 0 Å². The number of ether oxygens (including phenoxy) is 1. The normalized spacial score (nSPS) is 17.4. The maximum absolute atomic E-state index is 12.5. The standard InChI is InChI=1S/C22H36N2O3/c1-8-10-17(9-2)20(25)23-19(15-16(3)4)18-11-13-24(14-12-18)21(26)27-22(5,6)7/h8-10,16,18-19H,1-2,11-15H2,3-7H3,(H,23,25)/b17-10+. The van der Waals surface area contributed by atoms with Crippen molar-refractivity contribution >= 4 is 12.0 Å². The van der Waals surface area contributed by atoms with Crippen LogP contribution in [-0.4, -0.2) is 41.6 Å². The molecule has 152 valence electrons. The highest BCUT2D eigenvalue weighted by Crippen LogP contribution is 2.26. The van der Waals surface area contributed by atoms with E-state index in [1.807, 2.05) is 20.8 Å². The van der Waals surface area contributed by atoms with E-state index in [4.69, 9.17) is 4.74 Å². The van der Waals surface area contributed by atoms with Crippen LogP contribution in [0.25, 0.3) is 0 Å². The van der Waals surface area contributed by atoms with Crippen LogP contribution >= 0.6 is 0 Å². The molecular weight excluding hydrogens is 340 g/mol. The van der Waals surface area contributed by atoms with Crippen molar-refractivity contribution in [1.29, 1.82) is 0 Å². The lowest BCUT2D eigenvalue weighted by Crippen LogP contribution is -2.48. The van der Waals surface area contributed by atoms with E-state index in [0.29, 0.717) is 30.5 Å². The van der Waals surface area contributed by atoms with E-state index in [0.717, 1.165) is 19.3 Å². The monoisotopic (exact) mass is 376 g/mol. The molecule has 0 bridgehead atoms. The van der Waals surface area contributed by atoms with Gasteiger partial charge in [0.05, 0.1) is 0 Å². The molecule has 0 aromatic heterocycles. The molecule has 1 atom stereocenters. The van der Waals surface area contributed by atoms with Gasteiger partial charge in [-0.1, -0.05) is 45.2 Å². The Morgan fingerprint density at radius 3 is 2.26 bits per heavy atom. The van der Waals surface area contributed by atoms with E-state index < -0.39 is 5.60 Å². The summed E-state index contributed by atoms with van der Waals surface area (Å²) in [6.07, 6.45) is 7.16. The summed E-state index contributed by atoms with van der Waals surface area (Å²) in [6.45, 7) is 18.6. The van der Waals surface area contributed by atoms with Crippen molar-refractivity contribution in [1.82, 2.24) is 10.2 Å². The molecule has 27 heavy (non-hydrogen) atoms. The van der Waals surface area contributed by atoms with Gasteiger partial charge in [-0.2, -0.15) is 0 Å². The fourth-order valence-electron chi connectivity index (χ4n) is 3.30. The molecule has 1 N–H and O–H groups in total. The van der Waals surface area contributed by atoms with Gasteiger partial charge in [0.25, 0.3) is 5.91 Å². The van der Waals surface area contributed by atoms with Crippen LogP contribution in [0.15, 0.2) is 37.0 Å². The second kappa shape index (κ2) is 10.3. The Hall–Kier alpha value is -2.04. The summed E-state index contributed by atoms with van der Waals surface area (Å²) >= 11 is 0. The number of hydrogen-bond acceptors (Lipinski definition) is 3. The number of likely N-dealkylation sites (tertiary alicyclic amines) is 1. The van der Waals surface area contributed by atoms with Gasteiger partial charge in [0.15, 0.2) is 0 Å². The predicted octanol–water partition coefficient (Wildman–Crippen LogP) is 4.46. The summed E-state index contributed by atoms with van der Waals surface area (Å²) in [4.78, 5) is 26.6. The lowest BCUT2D eigenvalue weighted by atomic mass is 9.84. The molecule has 5 heteroatoms. The summed E-state index contributed by atoms with van der Waals surface area (Å²) < 4.78 is 5.46. The van der Waals surface area contributed by atoms with E-state index in [-0.39, 0.29) is 18.0 Å². The summed E-state index contributed by atoms with van der Waals surface area (Å²) in [7, 11) is 0. The fourth-order valence-corrected chi connectivity index (χ4v) is 3.30. The summed E-state index contributed by atoms with van der Waals surface area (Å²) in [5.41, 5.74) is 0.0330. The molecule has 5 nitrogen and oxygen atoms in total. The first kappa shape index (κ1) is 23.0. The smallest absolute Gasteiger partial charge is 0.410 e. The highest BCUT2D eigenvalue weighted by Gasteiger charge is 2.31. The number of piperidine rings is 1. The van der Waals surface area contributed by atoms with Gasteiger partial charge in [0.1, 0.15) is 5.60 Å². The van der Waals surface area contributed by atoms with Gasteiger partial charge in [-0.15, -0.1) is 0 Å². The van der Waals surface area contributed by atoms with Crippen LogP contribution in [0.4, 0.5) is 4.79 Å². The van der Waals surface area contributed by atoms with Crippen LogP contribution < -0.4 is 5.32 Å². The Morgan fingerprint density at radius 2 is 1.81 bits per heavy atom. The molecule has 0 aromatic rings. The Labute approximate surface area is 164 Å². The fraction of sp³-hybridized carbons (Fsp3) is 0.636. The van der Waals surface area contributed by atoms with E-state index in [2.05, 4.69) is 32.3 Å². The molecular formula is C22H36N2O3. The zero-order chi connectivity index (χ0) is 20.6. The van der Waals surface area contributed by atoms with E-state index in [1.54, 1.807) is 23.1 Å². The molecule has 1 fully saturated rings. The first-order chi connectivity index (χ1) is 12.6. The number of nitrogens with one attached hydrogen (secondary N) is 1. The minimum atomic E-state index is -0.485. The molecule has 0 spiro atoms. The largest absolute Gasteiger partial charge is 0.444 e. The Morgan fingerprint density at radius 1 is 1.22 bits per heavy atom. The number of carbonyl (C=O) groups is 2. The maximum Gasteiger partial charge on any atom is 0.410 e. The van der Waals surface area contributed by atoms with Crippen LogP contribution in [0.3, 0.4) is 0 Å². The van der Waals surface area contributed by atoms with Gasteiger partial charge in [0.2, 0.25) is 0 Å². The molecule has 0 aromatic carbocycles. The van der Waals surface area contributed by atoms with Gasteiger partial charge < -0.3 is 15.0 Å². The third-order valence-electron chi connectivity index (χ3n) is 4.58. The average molecular weight is 377 g/mol. The van der Waals surface area contributed by atoms with Crippen molar-refractivity contribution in [2.45, 2.75) is 65.5 Å². The molecule has 0 saturated carbocycles. The topological polar surface area (TPSA) is 58.6 Å². The molecule has 1 aliphatic rings. The van der Waals surface area contributed by atoms with E-state index in [9.17, 15) is 9.59 Å². The third kappa shape index (κ3) is 8.02. The minimum Gasteiger partial charge on any atom is -0.444 e. The highest BCUT2D eigenvalue weighted by molar-refractivity contribution is 5.96.